The van der Waals surface area contributed by atoms with Crippen molar-refractivity contribution in [3.63, 3.8) is 0 Å². The molecule has 4 heteroatoms. The lowest BCUT2D eigenvalue weighted by atomic mass is 10.2. The predicted molar refractivity (Wildman–Crippen MR) is 57.6 cm³/mol. The van der Waals surface area contributed by atoms with Crippen LogP contribution in [0.2, 0.25) is 0 Å². The van der Waals surface area contributed by atoms with Gasteiger partial charge in [-0.15, -0.1) is 0 Å². The zero-order chi connectivity index (χ0) is 10.7. The first-order chi connectivity index (χ1) is 7.24. The molecule has 2 atom stereocenters. The van der Waals surface area contributed by atoms with E-state index in [-0.39, 0.29) is 6.10 Å². The Hall–Kier alpha value is -0.840. The Morgan fingerprint density at radius 1 is 1.60 bits per heavy atom. The van der Waals surface area contributed by atoms with Crippen molar-refractivity contribution in [3.8, 4) is 0 Å². The van der Waals surface area contributed by atoms with Gasteiger partial charge in [0, 0.05) is 19.1 Å². The van der Waals surface area contributed by atoms with Gasteiger partial charge >= 0.3 is 0 Å². The Morgan fingerprint density at radius 3 is 3.07 bits per heavy atom. The van der Waals surface area contributed by atoms with Crippen LogP contribution in [0.25, 0.3) is 0 Å². The number of aliphatic hydroxyl groups excluding tert-OH is 1. The van der Waals surface area contributed by atoms with E-state index in [1.165, 1.54) is 0 Å². The standard InChI is InChI=1S/C11H18N2O2/c1-8-2-3-11(15-8)7-12-5-9-4-10(14)6-13-9/h2-3,9-10,12-14H,4-7H2,1H3. The minimum atomic E-state index is -0.178. The van der Waals surface area contributed by atoms with E-state index >= 15 is 0 Å². The molecule has 1 aromatic rings. The molecule has 1 aliphatic rings. The van der Waals surface area contributed by atoms with E-state index in [1.54, 1.807) is 0 Å². The van der Waals surface area contributed by atoms with Crippen LogP contribution in [0.15, 0.2) is 16.5 Å². The molecule has 0 aromatic carbocycles. The Balaban J connectivity index is 1.67. The second-order valence-electron chi connectivity index (χ2n) is 4.14. The van der Waals surface area contributed by atoms with Crippen LogP contribution in [0.3, 0.4) is 0 Å². The van der Waals surface area contributed by atoms with Gasteiger partial charge in [-0.2, -0.15) is 0 Å². The zero-order valence-corrected chi connectivity index (χ0v) is 8.99. The predicted octanol–water partition coefficient (Wildman–Crippen LogP) is 0.400. The van der Waals surface area contributed by atoms with Gasteiger partial charge in [-0.25, -0.2) is 0 Å². The lowest BCUT2D eigenvalue weighted by molar-refractivity contribution is 0.193. The molecule has 84 valence electrons. The normalized spacial score (nSPS) is 26.0. The number of hydrogen-bond acceptors (Lipinski definition) is 4. The van der Waals surface area contributed by atoms with E-state index < -0.39 is 0 Å². The van der Waals surface area contributed by atoms with Crippen LogP contribution in [0.5, 0.6) is 0 Å². The molecule has 0 aliphatic carbocycles. The first-order valence-corrected chi connectivity index (χ1v) is 5.41. The first-order valence-electron chi connectivity index (χ1n) is 5.41. The van der Waals surface area contributed by atoms with Crippen molar-refractivity contribution < 1.29 is 9.52 Å². The van der Waals surface area contributed by atoms with Crippen LogP contribution in [0.4, 0.5) is 0 Å². The van der Waals surface area contributed by atoms with Crippen molar-refractivity contribution in [3.05, 3.63) is 23.7 Å². The molecule has 0 amide bonds. The number of furan rings is 1. The van der Waals surface area contributed by atoms with E-state index in [0.717, 1.165) is 31.0 Å². The molecule has 1 aromatic heterocycles. The summed E-state index contributed by atoms with van der Waals surface area (Å²) in [5, 5.41) is 15.9. The minimum absolute atomic E-state index is 0.178. The fourth-order valence-corrected chi connectivity index (χ4v) is 1.90. The van der Waals surface area contributed by atoms with Gasteiger partial charge in [0.1, 0.15) is 11.5 Å². The summed E-state index contributed by atoms with van der Waals surface area (Å²) in [6.07, 6.45) is 0.659. The first kappa shape index (κ1) is 10.7. The molecule has 0 saturated carbocycles. The Bertz CT molecular complexity index is 311. The quantitative estimate of drug-likeness (QED) is 0.673. The second-order valence-corrected chi connectivity index (χ2v) is 4.14. The van der Waals surface area contributed by atoms with E-state index in [0.29, 0.717) is 12.6 Å². The van der Waals surface area contributed by atoms with Crippen molar-refractivity contribution in [1.29, 1.82) is 0 Å². The number of nitrogens with one attached hydrogen (secondary N) is 2. The number of rotatable bonds is 4. The molecule has 2 unspecified atom stereocenters. The maximum atomic E-state index is 9.31. The molecule has 3 N–H and O–H groups in total. The number of aryl methyl sites for hydroxylation is 1. The minimum Gasteiger partial charge on any atom is -0.465 e. The third-order valence-corrected chi connectivity index (χ3v) is 2.68. The molecule has 1 aliphatic heterocycles. The molecular formula is C11H18N2O2. The smallest absolute Gasteiger partial charge is 0.117 e. The van der Waals surface area contributed by atoms with Gasteiger partial charge < -0.3 is 20.2 Å². The molecule has 1 saturated heterocycles. The summed E-state index contributed by atoms with van der Waals surface area (Å²) in [5.74, 6) is 1.91. The third-order valence-electron chi connectivity index (χ3n) is 2.68. The van der Waals surface area contributed by atoms with E-state index in [9.17, 15) is 5.11 Å². The van der Waals surface area contributed by atoms with Gasteiger partial charge in [0.15, 0.2) is 0 Å². The monoisotopic (exact) mass is 210 g/mol. The fourth-order valence-electron chi connectivity index (χ4n) is 1.90. The zero-order valence-electron chi connectivity index (χ0n) is 8.99. The fraction of sp³-hybridized carbons (Fsp3) is 0.636. The maximum absolute atomic E-state index is 9.31. The molecule has 15 heavy (non-hydrogen) atoms. The molecule has 4 nitrogen and oxygen atoms in total. The topological polar surface area (TPSA) is 57.4 Å². The summed E-state index contributed by atoms with van der Waals surface area (Å²) in [6.45, 7) is 4.28. The summed E-state index contributed by atoms with van der Waals surface area (Å²) in [4.78, 5) is 0. The lowest BCUT2D eigenvalue weighted by Crippen LogP contribution is -2.33. The Labute approximate surface area is 89.7 Å². The average molecular weight is 210 g/mol. The average Bonchev–Trinajstić information content (AvgIpc) is 2.76. The van der Waals surface area contributed by atoms with Crippen molar-refractivity contribution in [1.82, 2.24) is 10.6 Å². The largest absolute Gasteiger partial charge is 0.465 e. The summed E-state index contributed by atoms with van der Waals surface area (Å²) in [7, 11) is 0. The van der Waals surface area contributed by atoms with E-state index in [1.807, 2.05) is 19.1 Å². The highest BCUT2D eigenvalue weighted by Crippen LogP contribution is 2.07. The van der Waals surface area contributed by atoms with Crippen LogP contribution in [0.1, 0.15) is 17.9 Å². The van der Waals surface area contributed by atoms with Crippen LogP contribution >= 0.6 is 0 Å². The van der Waals surface area contributed by atoms with Crippen LogP contribution in [0, 0.1) is 6.92 Å². The SMILES string of the molecule is Cc1ccc(CNCC2CC(O)CN2)o1. The van der Waals surface area contributed by atoms with Gasteiger partial charge in [-0.05, 0) is 25.5 Å². The van der Waals surface area contributed by atoms with Gasteiger partial charge in [-0.1, -0.05) is 0 Å². The molecule has 0 spiro atoms. The van der Waals surface area contributed by atoms with Gasteiger partial charge in [-0.3, -0.25) is 0 Å². The van der Waals surface area contributed by atoms with Gasteiger partial charge in [0.2, 0.25) is 0 Å². The highest BCUT2D eigenvalue weighted by molar-refractivity contribution is 5.05. The Kier molecular flexibility index (Phi) is 3.41. The van der Waals surface area contributed by atoms with E-state index in [2.05, 4.69) is 10.6 Å². The summed E-state index contributed by atoms with van der Waals surface area (Å²) >= 11 is 0. The highest BCUT2D eigenvalue weighted by atomic mass is 16.3. The third kappa shape index (κ3) is 3.06. The van der Waals surface area contributed by atoms with Crippen molar-refractivity contribution in [2.45, 2.75) is 32.0 Å². The number of aliphatic hydroxyl groups is 1. The molecule has 2 rings (SSSR count). The molecule has 2 heterocycles. The van der Waals surface area contributed by atoms with Crippen molar-refractivity contribution >= 4 is 0 Å². The van der Waals surface area contributed by atoms with Crippen LogP contribution < -0.4 is 10.6 Å². The van der Waals surface area contributed by atoms with E-state index in [4.69, 9.17) is 4.42 Å². The second kappa shape index (κ2) is 4.79. The highest BCUT2D eigenvalue weighted by Gasteiger charge is 2.21. The summed E-state index contributed by atoms with van der Waals surface area (Å²) in [6, 6.07) is 4.34. The Morgan fingerprint density at radius 2 is 2.47 bits per heavy atom. The molecule has 0 bridgehead atoms. The maximum Gasteiger partial charge on any atom is 0.117 e. The van der Waals surface area contributed by atoms with Gasteiger partial charge in [0.05, 0.1) is 12.6 Å². The number of β-amino-alcohol motifs (C(OH)–C–C–N with tert-alkyl or cyclic N) is 1. The molecule has 0 radical (unpaired) electrons. The molecule has 1 fully saturated rings. The summed E-state index contributed by atoms with van der Waals surface area (Å²) < 4.78 is 5.44. The van der Waals surface area contributed by atoms with Crippen LogP contribution in [-0.4, -0.2) is 30.3 Å². The van der Waals surface area contributed by atoms with Gasteiger partial charge in [0.25, 0.3) is 0 Å². The lowest BCUT2D eigenvalue weighted by Gasteiger charge is -2.10. The number of hydrogen-bond donors (Lipinski definition) is 3. The van der Waals surface area contributed by atoms with Crippen molar-refractivity contribution in [2.75, 3.05) is 13.1 Å². The summed E-state index contributed by atoms with van der Waals surface area (Å²) in [5.41, 5.74) is 0. The van der Waals surface area contributed by atoms with Crippen molar-refractivity contribution in [2.24, 2.45) is 0 Å². The molecular weight excluding hydrogens is 192 g/mol. The van der Waals surface area contributed by atoms with Crippen LogP contribution in [-0.2, 0) is 6.54 Å².